The van der Waals surface area contributed by atoms with Gasteiger partial charge in [0.05, 0.1) is 14.2 Å². The molecule has 0 spiro atoms. The normalized spacial score (nSPS) is 10.3. The lowest BCUT2D eigenvalue weighted by atomic mass is 9.98. The first-order valence-electron chi connectivity index (χ1n) is 11.9. The van der Waals surface area contributed by atoms with E-state index in [0.29, 0.717) is 39.7 Å². The van der Waals surface area contributed by atoms with Gasteiger partial charge in [0.1, 0.15) is 34.6 Å². The zero-order chi connectivity index (χ0) is 27.8. The second-order valence-electron chi connectivity index (χ2n) is 8.34. The molecule has 1 heterocycles. The molecule has 0 fully saturated rings. The van der Waals surface area contributed by atoms with E-state index in [2.05, 4.69) is 11.4 Å². The molecule has 4 aromatic rings. The van der Waals surface area contributed by atoms with E-state index < -0.39 is 18.5 Å². The van der Waals surface area contributed by atoms with Crippen LogP contribution in [0.3, 0.4) is 0 Å². The maximum absolute atomic E-state index is 12.6. The number of rotatable bonds is 10. The van der Waals surface area contributed by atoms with Crippen molar-refractivity contribution in [3.05, 3.63) is 83.9 Å². The van der Waals surface area contributed by atoms with Crippen LogP contribution in [-0.2, 0) is 14.3 Å². The Morgan fingerprint density at radius 3 is 2.08 bits per heavy atom. The van der Waals surface area contributed by atoms with Crippen LogP contribution in [0.2, 0.25) is 0 Å². The van der Waals surface area contributed by atoms with E-state index in [1.165, 1.54) is 0 Å². The lowest BCUT2D eigenvalue weighted by Gasteiger charge is -2.09. The molecule has 0 atom stereocenters. The third-order valence-electron chi connectivity index (χ3n) is 5.81. The molecule has 1 N–H and O–H groups in total. The molecule has 39 heavy (non-hydrogen) atoms. The minimum atomic E-state index is -0.716. The summed E-state index contributed by atoms with van der Waals surface area (Å²) in [6.45, 7) is 0.910. The number of ether oxygens (including phenoxy) is 4. The van der Waals surface area contributed by atoms with E-state index in [0.717, 1.165) is 5.56 Å². The fraction of sp³-hybridized carbons (Fsp3) is 0.167. The Balaban J connectivity index is 1.54. The summed E-state index contributed by atoms with van der Waals surface area (Å²) in [6.07, 6.45) is 0. The molecule has 1 amide bonds. The number of nitriles is 1. The van der Waals surface area contributed by atoms with Crippen molar-refractivity contribution in [2.24, 2.45) is 0 Å². The first-order valence-corrected chi connectivity index (χ1v) is 11.9. The van der Waals surface area contributed by atoms with Crippen LogP contribution in [-0.4, -0.2) is 39.3 Å². The van der Waals surface area contributed by atoms with Gasteiger partial charge in [0.15, 0.2) is 13.2 Å². The summed E-state index contributed by atoms with van der Waals surface area (Å²) < 4.78 is 27.0. The van der Waals surface area contributed by atoms with Crippen molar-refractivity contribution in [2.45, 2.75) is 6.92 Å². The number of para-hydroxylation sites is 1. The van der Waals surface area contributed by atoms with Gasteiger partial charge in [-0.2, -0.15) is 5.26 Å². The predicted octanol–water partition coefficient (Wildman–Crippen LogP) is 5.37. The molecule has 1 aromatic heterocycles. The van der Waals surface area contributed by atoms with Crippen LogP contribution < -0.4 is 19.5 Å². The number of methoxy groups -OCH3 is 2. The maximum Gasteiger partial charge on any atom is 0.344 e. The van der Waals surface area contributed by atoms with Crippen LogP contribution >= 0.6 is 0 Å². The third kappa shape index (κ3) is 6.37. The second kappa shape index (κ2) is 12.3. The van der Waals surface area contributed by atoms with E-state index in [4.69, 9.17) is 23.4 Å². The van der Waals surface area contributed by atoms with Gasteiger partial charge in [0, 0.05) is 11.1 Å². The highest BCUT2D eigenvalue weighted by molar-refractivity contribution is 5.96. The summed E-state index contributed by atoms with van der Waals surface area (Å²) in [5.74, 6) is 0.764. The number of carbonyl (C=O) groups is 2. The van der Waals surface area contributed by atoms with E-state index >= 15 is 0 Å². The molecule has 9 nitrogen and oxygen atoms in total. The Labute approximate surface area is 225 Å². The van der Waals surface area contributed by atoms with Crippen LogP contribution in [0.5, 0.6) is 17.2 Å². The minimum absolute atomic E-state index is 0.0636. The molecule has 0 aliphatic rings. The molecule has 3 aromatic carbocycles. The summed E-state index contributed by atoms with van der Waals surface area (Å²) in [5, 5.41) is 12.6. The molecule has 0 aliphatic carbocycles. The standard InChI is InChI=1S/C30H26N2O7/c1-19-6-4-5-7-25(19)37-18-27(34)38-17-26(33)32-30-24(16-31)28(20-8-12-22(35-2)13-9-20)29(39-30)21-10-14-23(36-3)15-11-21/h4-15H,17-18H2,1-3H3,(H,32,33). The van der Waals surface area contributed by atoms with Gasteiger partial charge in [-0.15, -0.1) is 0 Å². The predicted molar refractivity (Wildman–Crippen MR) is 144 cm³/mol. The smallest absolute Gasteiger partial charge is 0.344 e. The van der Waals surface area contributed by atoms with Gasteiger partial charge in [-0.3, -0.25) is 10.1 Å². The lowest BCUT2D eigenvalue weighted by molar-refractivity contribution is -0.149. The van der Waals surface area contributed by atoms with Crippen molar-refractivity contribution in [1.82, 2.24) is 0 Å². The number of nitrogens with one attached hydrogen (secondary N) is 1. The number of furan rings is 1. The van der Waals surface area contributed by atoms with Gasteiger partial charge in [0.2, 0.25) is 5.88 Å². The number of esters is 1. The van der Waals surface area contributed by atoms with Gasteiger partial charge in [-0.05, 0) is 60.5 Å². The molecular formula is C30H26N2O7. The monoisotopic (exact) mass is 526 g/mol. The molecule has 0 bridgehead atoms. The number of anilines is 1. The maximum atomic E-state index is 12.6. The first kappa shape index (κ1) is 26.8. The van der Waals surface area contributed by atoms with Crippen molar-refractivity contribution < 1.29 is 33.0 Å². The topological polar surface area (TPSA) is 120 Å². The van der Waals surface area contributed by atoms with E-state index in [1.54, 1.807) is 74.9 Å². The van der Waals surface area contributed by atoms with Gasteiger partial charge in [-0.25, -0.2) is 4.79 Å². The van der Waals surface area contributed by atoms with Gasteiger partial charge in [0.25, 0.3) is 5.91 Å². The molecule has 0 unspecified atom stereocenters. The third-order valence-corrected chi connectivity index (χ3v) is 5.81. The fourth-order valence-electron chi connectivity index (χ4n) is 3.81. The van der Waals surface area contributed by atoms with Crippen LogP contribution in [0.4, 0.5) is 5.88 Å². The van der Waals surface area contributed by atoms with Crippen LogP contribution in [0.25, 0.3) is 22.5 Å². The lowest BCUT2D eigenvalue weighted by Crippen LogP contribution is -2.23. The second-order valence-corrected chi connectivity index (χ2v) is 8.34. The first-order chi connectivity index (χ1) is 18.9. The van der Waals surface area contributed by atoms with Crippen molar-refractivity contribution in [1.29, 1.82) is 5.26 Å². The Morgan fingerprint density at radius 2 is 1.49 bits per heavy atom. The highest BCUT2D eigenvalue weighted by Crippen LogP contribution is 2.42. The van der Waals surface area contributed by atoms with Crippen molar-refractivity contribution >= 4 is 17.8 Å². The highest BCUT2D eigenvalue weighted by atomic mass is 16.6. The van der Waals surface area contributed by atoms with Crippen molar-refractivity contribution in [3.63, 3.8) is 0 Å². The number of amides is 1. The summed E-state index contributed by atoms with van der Waals surface area (Å²) in [7, 11) is 3.12. The summed E-state index contributed by atoms with van der Waals surface area (Å²) >= 11 is 0. The molecule has 198 valence electrons. The average molecular weight is 527 g/mol. The molecular weight excluding hydrogens is 500 g/mol. The van der Waals surface area contributed by atoms with E-state index in [9.17, 15) is 14.9 Å². The van der Waals surface area contributed by atoms with Crippen LogP contribution in [0, 0.1) is 18.3 Å². The minimum Gasteiger partial charge on any atom is -0.497 e. The Morgan fingerprint density at radius 1 is 0.872 bits per heavy atom. The van der Waals surface area contributed by atoms with E-state index in [1.807, 2.05) is 19.1 Å². The summed E-state index contributed by atoms with van der Waals surface area (Å²) in [4.78, 5) is 24.8. The SMILES string of the molecule is COc1ccc(-c2oc(NC(=O)COC(=O)COc3ccccc3C)c(C#N)c2-c2ccc(OC)cc2)cc1. The van der Waals surface area contributed by atoms with Gasteiger partial charge in [-0.1, -0.05) is 30.3 Å². The van der Waals surface area contributed by atoms with Gasteiger partial charge >= 0.3 is 5.97 Å². The number of nitrogens with zero attached hydrogens (tertiary/aromatic N) is 1. The molecule has 0 saturated carbocycles. The number of aryl methyl sites for hydroxylation is 1. The Kier molecular flexibility index (Phi) is 8.49. The zero-order valence-electron chi connectivity index (χ0n) is 21.6. The van der Waals surface area contributed by atoms with Gasteiger partial charge < -0.3 is 23.4 Å². The summed E-state index contributed by atoms with van der Waals surface area (Å²) in [5.41, 5.74) is 2.82. The van der Waals surface area contributed by atoms with Crippen molar-refractivity contribution in [3.8, 4) is 45.8 Å². The highest BCUT2D eigenvalue weighted by Gasteiger charge is 2.25. The average Bonchev–Trinajstić information content (AvgIpc) is 3.33. The molecule has 0 radical (unpaired) electrons. The Hall–Kier alpha value is -5.23. The van der Waals surface area contributed by atoms with Crippen LogP contribution in [0.1, 0.15) is 11.1 Å². The Bertz CT molecular complexity index is 1500. The zero-order valence-corrected chi connectivity index (χ0v) is 21.6. The largest absolute Gasteiger partial charge is 0.497 e. The molecule has 9 heteroatoms. The number of hydrogen-bond donors (Lipinski definition) is 1. The van der Waals surface area contributed by atoms with Crippen molar-refractivity contribution in [2.75, 3.05) is 32.8 Å². The fourth-order valence-corrected chi connectivity index (χ4v) is 3.81. The number of carbonyl (C=O) groups excluding carboxylic acids is 2. The molecule has 0 saturated heterocycles. The van der Waals surface area contributed by atoms with Crippen LogP contribution in [0.15, 0.2) is 77.2 Å². The van der Waals surface area contributed by atoms with E-state index in [-0.39, 0.29) is 18.1 Å². The quantitative estimate of drug-likeness (QED) is 0.274. The molecule has 0 aliphatic heterocycles. The molecule has 4 rings (SSSR count). The number of benzene rings is 3. The summed E-state index contributed by atoms with van der Waals surface area (Å²) in [6, 6.07) is 23.6. The number of hydrogen-bond acceptors (Lipinski definition) is 8.